The van der Waals surface area contributed by atoms with E-state index < -0.39 is 28.5 Å². The van der Waals surface area contributed by atoms with Gasteiger partial charge in [0.1, 0.15) is 5.60 Å². The van der Waals surface area contributed by atoms with E-state index >= 15 is 0 Å². The fraction of sp³-hybridized carbons (Fsp3) is 0.800. The first-order valence-corrected chi connectivity index (χ1v) is 5.98. The lowest BCUT2D eigenvalue weighted by Crippen LogP contribution is -2.30. The number of hydrogen-bond donors (Lipinski definition) is 0. The summed E-state index contributed by atoms with van der Waals surface area (Å²) in [6, 6.07) is 0. The Hall–Kier alpha value is -0.850. The summed E-state index contributed by atoms with van der Waals surface area (Å²) >= 11 is -0.107. The van der Waals surface area contributed by atoms with Gasteiger partial charge in [0.2, 0.25) is 0 Å². The van der Waals surface area contributed by atoms with Crippen LogP contribution in [0.1, 0.15) is 27.7 Å². The van der Waals surface area contributed by atoms with Gasteiger partial charge in [-0.05, 0) is 27.7 Å². The van der Waals surface area contributed by atoms with Crippen LogP contribution in [0.25, 0.3) is 0 Å². The Morgan fingerprint density at radius 1 is 1.24 bits per heavy atom. The van der Waals surface area contributed by atoms with Crippen molar-refractivity contribution in [2.24, 2.45) is 0 Å². The number of alkyl halides is 2. The maximum Gasteiger partial charge on any atom is 0.389 e. The number of hydrogen-bond acceptors (Lipinski definition) is 5. The Kier molecular flexibility index (Phi) is 5.87. The molecular formula is C10H16F2O4S. The highest BCUT2D eigenvalue weighted by molar-refractivity contribution is 8.01. The molecule has 0 amide bonds. The van der Waals surface area contributed by atoms with Crippen molar-refractivity contribution >= 4 is 23.7 Å². The fourth-order valence-corrected chi connectivity index (χ4v) is 1.33. The van der Waals surface area contributed by atoms with Gasteiger partial charge >= 0.3 is 17.2 Å². The molecule has 0 aromatic rings. The zero-order valence-corrected chi connectivity index (χ0v) is 11.0. The summed E-state index contributed by atoms with van der Waals surface area (Å²) in [6.07, 6.45) is 0. The van der Waals surface area contributed by atoms with Crippen molar-refractivity contribution in [1.29, 1.82) is 0 Å². The Bertz CT molecular complexity index is 287. The molecule has 0 aromatic heterocycles. The molecule has 0 unspecified atom stereocenters. The van der Waals surface area contributed by atoms with E-state index in [-0.39, 0.29) is 18.4 Å². The molecule has 0 aliphatic heterocycles. The predicted molar refractivity (Wildman–Crippen MR) is 59.9 cm³/mol. The van der Waals surface area contributed by atoms with Crippen LogP contribution in [0.15, 0.2) is 0 Å². The molecule has 0 fully saturated rings. The largest absolute Gasteiger partial charge is 0.461 e. The molecule has 0 aliphatic carbocycles. The topological polar surface area (TPSA) is 52.6 Å². The number of ether oxygens (including phenoxy) is 2. The van der Waals surface area contributed by atoms with Gasteiger partial charge in [-0.1, -0.05) is 11.8 Å². The molecule has 0 aromatic carbocycles. The molecule has 0 saturated heterocycles. The van der Waals surface area contributed by atoms with E-state index in [2.05, 4.69) is 4.74 Å². The SMILES string of the molecule is CCOC(=O)C(F)(F)SCC(=O)OC(C)(C)C. The molecule has 0 bridgehead atoms. The first-order chi connectivity index (χ1) is 7.58. The Balaban J connectivity index is 4.18. The zero-order chi connectivity index (χ0) is 13.7. The molecular weight excluding hydrogens is 254 g/mol. The second kappa shape index (κ2) is 6.18. The monoisotopic (exact) mass is 270 g/mol. The van der Waals surface area contributed by atoms with Gasteiger partial charge in [0.25, 0.3) is 0 Å². The van der Waals surface area contributed by atoms with E-state index in [0.29, 0.717) is 0 Å². The minimum absolute atomic E-state index is 0.107. The minimum Gasteiger partial charge on any atom is -0.461 e. The fourth-order valence-electron chi connectivity index (χ4n) is 0.795. The van der Waals surface area contributed by atoms with E-state index in [1.165, 1.54) is 6.92 Å². The molecule has 0 N–H and O–H groups in total. The van der Waals surface area contributed by atoms with Gasteiger partial charge in [0.15, 0.2) is 0 Å². The third-order valence-corrected chi connectivity index (χ3v) is 2.21. The summed E-state index contributed by atoms with van der Waals surface area (Å²) in [5, 5.41) is -3.73. The summed E-state index contributed by atoms with van der Waals surface area (Å²) in [5.74, 6) is -3.05. The number of thioether (sulfide) groups is 1. The normalized spacial score (nSPS) is 12.1. The van der Waals surface area contributed by atoms with Gasteiger partial charge in [-0.2, -0.15) is 8.78 Å². The molecule has 0 spiro atoms. The first-order valence-electron chi connectivity index (χ1n) is 4.99. The van der Waals surface area contributed by atoms with Crippen molar-refractivity contribution in [2.45, 2.75) is 38.6 Å². The van der Waals surface area contributed by atoms with E-state index in [9.17, 15) is 18.4 Å². The van der Waals surface area contributed by atoms with Crippen LogP contribution in [0.5, 0.6) is 0 Å². The highest BCUT2D eigenvalue weighted by atomic mass is 32.2. The summed E-state index contributed by atoms with van der Waals surface area (Å²) in [6.45, 7) is 6.16. The summed E-state index contributed by atoms with van der Waals surface area (Å²) < 4.78 is 35.2. The van der Waals surface area contributed by atoms with E-state index in [1.54, 1.807) is 20.8 Å². The summed E-state index contributed by atoms with van der Waals surface area (Å²) in [5.41, 5.74) is -0.739. The van der Waals surface area contributed by atoms with Crippen molar-refractivity contribution in [3.05, 3.63) is 0 Å². The highest BCUT2D eigenvalue weighted by Gasteiger charge is 2.42. The third-order valence-electron chi connectivity index (χ3n) is 1.30. The third kappa shape index (κ3) is 7.14. The predicted octanol–water partition coefficient (Wildman–Crippen LogP) is 2.22. The van der Waals surface area contributed by atoms with Crippen LogP contribution in [0, 0.1) is 0 Å². The lowest BCUT2D eigenvalue weighted by Gasteiger charge is -2.20. The van der Waals surface area contributed by atoms with E-state index in [0.717, 1.165) is 0 Å². The lowest BCUT2D eigenvalue weighted by atomic mass is 10.2. The van der Waals surface area contributed by atoms with Gasteiger partial charge in [-0.25, -0.2) is 4.79 Å². The zero-order valence-electron chi connectivity index (χ0n) is 10.2. The molecule has 4 nitrogen and oxygen atoms in total. The van der Waals surface area contributed by atoms with Crippen LogP contribution >= 0.6 is 11.8 Å². The number of carbonyl (C=O) groups excluding carboxylic acids is 2. The molecule has 0 aliphatic rings. The average molecular weight is 270 g/mol. The van der Waals surface area contributed by atoms with Gasteiger partial charge < -0.3 is 9.47 Å². The smallest absolute Gasteiger partial charge is 0.389 e. The van der Waals surface area contributed by atoms with Crippen LogP contribution in [0.2, 0.25) is 0 Å². The Labute approximate surface area is 103 Å². The van der Waals surface area contributed by atoms with Crippen LogP contribution in [-0.4, -0.2) is 35.2 Å². The quantitative estimate of drug-likeness (QED) is 0.717. The number of rotatable bonds is 5. The first kappa shape index (κ1) is 16.1. The highest BCUT2D eigenvalue weighted by Crippen LogP contribution is 2.30. The molecule has 0 radical (unpaired) electrons. The molecule has 0 rings (SSSR count). The van der Waals surface area contributed by atoms with Crippen LogP contribution in [0.3, 0.4) is 0 Å². The van der Waals surface area contributed by atoms with Crippen molar-refractivity contribution in [3.63, 3.8) is 0 Å². The molecule has 0 saturated carbocycles. The van der Waals surface area contributed by atoms with Gasteiger partial charge in [0.05, 0.1) is 12.4 Å². The molecule has 17 heavy (non-hydrogen) atoms. The van der Waals surface area contributed by atoms with Crippen LogP contribution < -0.4 is 0 Å². The second-order valence-electron chi connectivity index (χ2n) is 4.11. The molecule has 100 valence electrons. The van der Waals surface area contributed by atoms with Gasteiger partial charge in [-0.3, -0.25) is 4.79 Å². The number of carbonyl (C=O) groups is 2. The number of halogens is 2. The van der Waals surface area contributed by atoms with Gasteiger partial charge in [0, 0.05) is 0 Å². The Morgan fingerprint density at radius 2 is 1.76 bits per heavy atom. The van der Waals surface area contributed by atoms with Gasteiger partial charge in [-0.15, -0.1) is 0 Å². The molecule has 0 atom stereocenters. The summed E-state index contributed by atoms with van der Waals surface area (Å²) in [4.78, 5) is 22.0. The van der Waals surface area contributed by atoms with Crippen molar-refractivity contribution in [2.75, 3.05) is 12.4 Å². The second-order valence-corrected chi connectivity index (χ2v) is 5.20. The average Bonchev–Trinajstić information content (AvgIpc) is 2.12. The Morgan fingerprint density at radius 3 is 2.18 bits per heavy atom. The maximum atomic E-state index is 13.1. The molecule has 7 heteroatoms. The van der Waals surface area contributed by atoms with E-state index in [4.69, 9.17) is 4.74 Å². The minimum atomic E-state index is -3.73. The maximum absolute atomic E-state index is 13.1. The van der Waals surface area contributed by atoms with E-state index in [1.807, 2.05) is 0 Å². The van der Waals surface area contributed by atoms with Crippen molar-refractivity contribution in [3.8, 4) is 0 Å². The van der Waals surface area contributed by atoms with Crippen LogP contribution in [-0.2, 0) is 19.1 Å². The summed E-state index contributed by atoms with van der Waals surface area (Å²) in [7, 11) is 0. The number of esters is 2. The van der Waals surface area contributed by atoms with Crippen LogP contribution in [0.4, 0.5) is 8.78 Å². The standard InChI is InChI=1S/C10H16F2O4S/c1-5-15-8(14)10(11,12)17-6-7(13)16-9(2,3)4/h5-6H2,1-4H3. The molecule has 0 heterocycles. The van der Waals surface area contributed by atoms with Crippen molar-refractivity contribution in [1.82, 2.24) is 0 Å². The lowest BCUT2D eigenvalue weighted by molar-refractivity contribution is -0.159. The van der Waals surface area contributed by atoms with Crippen molar-refractivity contribution < 1.29 is 27.8 Å².